The molecule has 8 nitrogen and oxygen atoms in total. The Morgan fingerprint density at radius 2 is 1.77 bits per heavy atom. The first-order valence-electron chi connectivity index (χ1n) is 14.6. The Bertz CT molecular complexity index is 1730. The van der Waals surface area contributed by atoms with Gasteiger partial charge in [-0.25, -0.2) is 4.79 Å². The Morgan fingerprint density at radius 1 is 1.02 bits per heavy atom. The summed E-state index contributed by atoms with van der Waals surface area (Å²) in [6, 6.07) is 16.5. The van der Waals surface area contributed by atoms with Crippen molar-refractivity contribution in [3.8, 4) is 11.4 Å². The molecule has 43 heavy (non-hydrogen) atoms. The van der Waals surface area contributed by atoms with Crippen LogP contribution < -0.4 is 10.6 Å². The third-order valence-corrected chi connectivity index (χ3v) is 9.04. The molecule has 0 unspecified atom stereocenters. The van der Waals surface area contributed by atoms with E-state index in [-0.39, 0.29) is 11.8 Å². The molecule has 0 aliphatic heterocycles. The first-order valence-corrected chi connectivity index (χ1v) is 15.0. The lowest BCUT2D eigenvalue weighted by molar-refractivity contribution is -0.131. The van der Waals surface area contributed by atoms with Crippen molar-refractivity contribution in [3.63, 3.8) is 0 Å². The maximum atomic E-state index is 13.6. The van der Waals surface area contributed by atoms with E-state index < -0.39 is 11.5 Å². The van der Waals surface area contributed by atoms with Crippen LogP contribution in [0.2, 0.25) is 5.02 Å². The highest BCUT2D eigenvalue weighted by molar-refractivity contribution is 6.30. The van der Waals surface area contributed by atoms with E-state index in [1.54, 1.807) is 30.5 Å². The van der Waals surface area contributed by atoms with Crippen LogP contribution in [0.3, 0.4) is 0 Å². The normalized spacial score (nSPS) is 16.3. The second-order valence-electron chi connectivity index (χ2n) is 11.5. The monoisotopic (exact) mass is 596 g/mol. The summed E-state index contributed by atoms with van der Waals surface area (Å²) in [5.41, 5.74) is 4.91. The van der Waals surface area contributed by atoms with Crippen LogP contribution in [0.4, 0.5) is 5.69 Å². The standard InChI is InChI=1S/C34H33ClN4O4/c1-39-28-19-23(10-14-26(28)30(22-5-2-3-6-22)31(39)27-15-11-24(35)20-36-27)32(42)38-34(17-4-18-34)33(43)37-25-12-7-21(8-13-25)9-16-29(40)41/h7-16,19-20,22H,2-6,17-18H2,1H3,(H,37,43)(H,38,42)(H,40,41)/b16-9+. The van der Waals surface area contributed by atoms with Gasteiger partial charge in [0, 0.05) is 41.5 Å². The van der Waals surface area contributed by atoms with Gasteiger partial charge in [-0.3, -0.25) is 14.6 Å². The molecule has 2 aromatic heterocycles. The van der Waals surface area contributed by atoms with Crippen LogP contribution in [0.25, 0.3) is 28.4 Å². The van der Waals surface area contributed by atoms with Crippen molar-refractivity contribution in [1.82, 2.24) is 14.9 Å². The highest BCUT2D eigenvalue weighted by atomic mass is 35.5. The second-order valence-corrected chi connectivity index (χ2v) is 12.0. The Labute approximate surface area is 254 Å². The van der Waals surface area contributed by atoms with Gasteiger partial charge >= 0.3 is 5.97 Å². The number of benzene rings is 2. The molecule has 2 aliphatic carbocycles. The van der Waals surface area contributed by atoms with Crippen LogP contribution in [0.5, 0.6) is 0 Å². The lowest BCUT2D eigenvalue weighted by atomic mass is 9.75. The first-order chi connectivity index (χ1) is 20.7. The van der Waals surface area contributed by atoms with Gasteiger partial charge in [0.2, 0.25) is 5.91 Å². The van der Waals surface area contributed by atoms with Crippen LogP contribution in [-0.2, 0) is 16.6 Å². The summed E-state index contributed by atoms with van der Waals surface area (Å²) in [7, 11) is 2.01. The number of carbonyl (C=O) groups is 3. The third-order valence-electron chi connectivity index (χ3n) is 8.82. The summed E-state index contributed by atoms with van der Waals surface area (Å²) in [5.74, 6) is -1.15. The second kappa shape index (κ2) is 11.7. The van der Waals surface area contributed by atoms with Crippen molar-refractivity contribution in [2.24, 2.45) is 7.05 Å². The molecule has 4 aromatic rings. The average molecular weight is 597 g/mol. The molecule has 2 aliphatic rings. The van der Waals surface area contributed by atoms with Crippen molar-refractivity contribution in [3.05, 3.63) is 88.6 Å². The van der Waals surface area contributed by atoms with E-state index in [2.05, 4.69) is 20.2 Å². The van der Waals surface area contributed by atoms with Crippen LogP contribution in [0, 0.1) is 0 Å². The Kier molecular flexibility index (Phi) is 7.79. The molecular formula is C34H33ClN4O4. The third kappa shape index (κ3) is 5.67. The number of carboxylic acids is 1. The van der Waals surface area contributed by atoms with E-state index >= 15 is 0 Å². The molecule has 2 fully saturated rings. The summed E-state index contributed by atoms with van der Waals surface area (Å²) in [6.07, 6.45) is 10.8. The Morgan fingerprint density at radius 3 is 2.40 bits per heavy atom. The van der Waals surface area contributed by atoms with Gasteiger partial charge in [-0.1, -0.05) is 42.6 Å². The number of nitrogens with zero attached hydrogens (tertiary/aromatic N) is 2. The van der Waals surface area contributed by atoms with Gasteiger partial charge in [0.15, 0.2) is 0 Å². The molecule has 0 spiro atoms. The Balaban J connectivity index is 1.26. The zero-order valence-electron chi connectivity index (χ0n) is 23.9. The number of aromatic nitrogens is 2. The molecular weight excluding hydrogens is 564 g/mol. The van der Waals surface area contributed by atoms with E-state index in [9.17, 15) is 14.4 Å². The van der Waals surface area contributed by atoms with E-state index in [1.807, 2.05) is 37.4 Å². The SMILES string of the molecule is Cn1c(-c2ccc(Cl)cn2)c(C2CCCC2)c2ccc(C(=O)NC3(C(=O)Nc4ccc(/C=C/C(=O)O)cc4)CCC3)cc21. The van der Waals surface area contributed by atoms with Gasteiger partial charge in [-0.15, -0.1) is 0 Å². The maximum absolute atomic E-state index is 13.6. The van der Waals surface area contributed by atoms with Gasteiger partial charge in [0.25, 0.3) is 5.91 Å². The van der Waals surface area contributed by atoms with Crippen molar-refractivity contribution in [1.29, 1.82) is 0 Å². The molecule has 0 saturated heterocycles. The van der Waals surface area contributed by atoms with Gasteiger partial charge < -0.3 is 20.3 Å². The number of hydrogen-bond donors (Lipinski definition) is 3. The molecule has 3 N–H and O–H groups in total. The minimum atomic E-state index is -1.03. The summed E-state index contributed by atoms with van der Waals surface area (Å²) in [4.78, 5) is 42.4. The maximum Gasteiger partial charge on any atom is 0.328 e. The summed E-state index contributed by atoms with van der Waals surface area (Å²) >= 11 is 6.14. The summed E-state index contributed by atoms with van der Waals surface area (Å²) in [6.45, 7) is 0. The fourth-order valence-corrected chi connectivity index (χ4v) is 6.50. The number of aryl methyl sites for hydroxylation is 1. The molecule has 2 saturated carbocycles. The van der Waals surface area contributed by atoms with Gasteiger partial charge in [-0.2, -0.15) is 0 Å². The van der Waals surface area contributed by atoms with Gasteiger partial charge in [-0.05, 0) is 91.6 Å². The van der Waals surface area contributed by atoms with Gasteiger partial charge in [0.05, 0.1) is 16.4 Å². The lowest BCUT2D eigenvalue weighted by Gasteiger charge is -2.40. The fourth-order valence-electron chi connectivity index (χ4n) is 6.38. The number of anilines is 1. The quantitative estimate of drug-likeness (QED) is 0.191. The number of amides is 2. The predicted molar refractivity (Wildman–Crippen MR) is 168 cm³/mol. The zero-order valence-corrected chi connectivity index (χ0v) is 24.7. The number of carbonyl (C=O) groups excluding carboxylic acids is 2. The fraction of sp³-hybridized carbons (Fsp3) is 0.294. The number of hydrogen-bond acceptors (Lipinski definition) is 4. The number of rotatable bonds is 8. The first kappa shape index (κ1) is 28.7. The highest BCUT2D eigenvalue weighted by Crippen LogP contribution is 2.44. The number of carboxylic acid groups (broad SMARTS) is 1. The van der Waals surface area contributed by atoms with E-state index in [4.69, 9.17) is 16.7 Å². The minimum absolute atomic E-state index is 0.263. The van der Waals surface area contributed by atoms with Crippen LogP contribution in [0.1, 0.15) is 72.3 Å². The van der Waals surface area contributed by atoms with Crippen molar-refractivity contribution in [2.45, 2.75) is 56.4 Å². The minimum Gasteiger partial charge on any atom is -0.478 e. The van der Waals surface area contributed by atoms with Crippen molar-refractivity contribution >= 4 is 52.1 Å². The van der Waals surface area contributed by atoms with Crippen molar-refractivity contribution in [2.75, 3.05) is 5.32 Å². The van der Waals surface area contributed by atoms with Crippen molar-refractivity contribution < 1.29 is 19.5 Å². The van der Waals surface area contributed by atoms with Crippen LogP contribution in [-0.4, -0.2) is 38.0 Å². The lowest BCUT2D eigenvalue weighted by Crippen LogP contribution is -2.61. The molecule has 0 atom stereocenters. The average Bonchev–Trinajstić information content (AvgIpc) is 3.61. The molecule has 0 bridgehead atoms. The molecule has 2 aromatic carbocycles. The zero-order chi connectivity index (χ0) is 30.1. The molecule has 220 valence electrons. The number of halogens is 1. The number of fused-ring (bicyclic) bond motifs is 1. The number of pyridine rings is 1. The molecule has 6 rings (SSSR count). The van der Waals surface area contributed by atoms with Crippen LogP contribution >= 0.6 is 11.6 Å². The smallest absolute Gasteiger partial charge is 0.328 e. The number of nitrogens with one attached hydrogen (secondary N) is 2. The summed E-state index contributed by atoms with van der Waals surface area (Å²) < 4.78 is 2.12. The van der Waals surface area contributed by atoms with E-state index in [1.165, 1.54) is 24.5 Å². The summed E-state index contributed by atoms with van der Waals surface area (Å²) in [5, 5.41) is 16.5. The molecule has 9 heteroatoms. The number of aliphatic carboxylic acids is 1. The van der Waals surface area contributed by atoms with E-state index in [0.717, 1.165) is 47.6 Å². The Hall–Kier alpha value is -4.43. The topological polar surface area (TPSA) is 113 Å². The molecule has 0 radical (unpaired) electrons. The molecule has 2 amide bonds. The predicted octanol–water partition coefficient (Wildman–Crippen LogP) is 6.94. The highest BCUT2D eigenvalue weighted by Gasteiger charge is 2.45. The molecule has 2 heterocycles. The van der Waals surface area contributed by atoms with Gasteiger partial charge in [0.1, 0.15) is 5.54 Å². The largest absolute Gasteiger partial charge is 0.478 e. The van der Waals surface area contributed by atoms with E-state index in [0.29, 0.717) is 40.6 Å². The van der Waals surface area contributed by atoms with Crippen LogP contribution in [0.15, 0.2) is 66.9 Å².